The molecule has 0 radical (unpaired) electrons. The number of hydrogen-bond acceptors (Lipinski definition) is 4. The van der Waals surface area contributed by atoms with Crippen LogP contribution in [-0.4, -0.2) is 15.7 Å². The Morgan fingerprint density at radius 3 is 3.12 bits per heavy atom. The maximum atomic E-state index is 11.3. The quantitative estimate of drug-likeness (QED) is 0.472. The van der Waals surface area contributed by atoms with Crippen molar-refractivity contribution in [2.75, 3.05) is 0 Å². The lowest BCUT2D eigenvalue weighted by Crippen LogP contribution is -2.29. The van der Waals surface area contributed by atoms with Gasteiger partial charge in [-0.1, -0.05) is 0 Å². The Bertz CT molecular complexity index is 489. The molecule has 0 saturated carbocycles. The molecule has 0 fully saturated rings. The van der Waals surface area contributed by atoms with E-state index in [1.54, 1.807) is 6.20 Å². The van der Waals surface area contributed by atoms with Gasteiger partial charge in [-0.05, 0) is 24.6 Å². The fourth-order valence-corrected chi connectivity index (χ4v) is 2.37. The molecule has 6 heteroatoms. The molecule has 16 heavy (non-hydrogen) atoms. The van der Waals surface area contributed by atoms with Crippen LogP contribution in [0, 0.1) is 6.92 Å². The van der Waals surface area contributed by atoms with Gasteiger partial charge in [-0.15, -0.1) is 11.3 Å². The third-order valence-corrected chi connectivity index (χ3v) is 3.36. The summed E-state index contributed by atoms with van der Waals surface area (Å²) in [4.78, 5) is 13.1. The van der Waals surface area contributed by atoms with Gasteiger partial charge in [-0.25, -0.2) is 5.84 Å². The molecule has 2 rings (SSSR count). The normalized spacial score (nSPS) is 10.4. The molecule has 2 aromatic rings. The molecule has 2 aromatic heterocycles. The number of rotatable bonds is 3. The Morgan fingerprint density at radius 1 is 1.69 bits per heavy atom. The van der Waals surface area contributed by atoms with E-state index < -0.39 is 0 Å². The summed E-state index contributed by atoms with van der Waals surface area (Å²) >= 11 is 1.44. The molecule has 0 aliphatic heterocycles. The Balaban J connectivity index is 2.22. The van der Waals surface area contributed by atoms with Crippen LogP contribution in [0.25, 0.3) is 0 Å². The molecule has 0 aliphatic rings. The second kappa shape index (κ2) is 4.46. The number of carbonyl (C=O) groups is 1. The van der Waals surface area contributed by atoms with Gasteiger partial charge < -0.3 is 0 Å². The zero-order valence-corrected chi connectivity index (χ0v) is 9.62. The van der Waals surface area contributed by atoms with E-state index in [0.29, 0.717) is 11.4 Å². The van der Waals surface area contributed by atoms with E-state index in [2.05, 4.69) is 10.5 Å². The van der Waals surface area contributed by atoms with Crippen molar-refractivity contribution in [2.24, 2.45) is 5.84 Å². The molecule has 0 spiro atoms. The minimum atomic E-state index is -0.250. The Hall–Kier alpha value is -1.66. The number of nitrogens with two attached hydrogens (primary N) is 1. The molecule has 0 bridgehead atoms. The molecule has 0 atom stereocenters. The standard InChI is InChI=1S/C10H12N4OS/c1-7-8(6-14-4-2-3-12-14)5-9(16-7)10(15)13-11/h2-5H,6,11H2,1H3,(H,13,15). The number of hydrazine groups is 1. The van der Waals surface area contributed by atoms with E-state index in [9.17, 15) is 4.79 Å². The number of amides is 1. The van der Waals surface area contributed by atoms with Crippen LogP contribution in [0.15, 0.2) is 24.5 Å². The number of thiophene rings is 1. The summed E-state index contributed by atoms with van der Waals surface area (Å²) in [7, 11) is 0. The molecule has 1 amide bonds. The lowest BCUT2D eigenvalue weighted by atomic mass is 10.2. The minimum Gasteiger partial charge on any atom is -0.289 e. The first-order chi connectivity index (χ1) is 7.70. The fourth-order valence-electron chi connectivity index (χ4n) is 1.43. The van der Waals surface area contributed by atoms with Crippen LogP contribution in [0.5, 0.6) is 0 Å². The SMILES string of the molecule is Cc1sc(C(=O)NN)cc1Cn1cccn1. The van der Waals surface area contributed by atoms with E-state index in [0.717, 1.165) is 10.4 Å². The molecule has 3 N–H and O–H groups in total. The Morgan fingerprint density at radius 2 is 2.50 bits per heavy atom. The number of nitrogens with zero attached hydrogens (tertiary/aromatic N) is 2. The second-order valence-corrected chi connectivity index (χ2v) is 4.63. The number of aromatic nitrogens is 2. The van der Waals surface area contributed by atoms with E-state index >= 15 is 0 Å². The van der Waals surface area contributed by atoms with Crippen LogP contribution in [0.4, 0.5) is 0 Å². The van der Waals surface area contributed by atoms with E-state index in [4.69, 9.17) is 5.84 Å². The maximum Gasteiger partial charge on any atom is 0.275 e. The van der Waals surface area contributed by atoms with Gasteiger partial charge in [0.25, 0.3) is 5.91 Å². The molecular formula is C10H12N4OS. The van der Waals surface area contributed by atoms with Gasteiger partial charge in [-0.2, -0.15) is 5.10 Å². The van der Waals surface area contributed by atoms with Crippen molar-refractivity contribution in [3.8, 4) is 0 Å². The number of carbonyl (C=O) groups excluding carboxylic acids is 1. The summed E-state index contributed by atoms with van der Waals surface area (Å²) in [5.74, 6) is 4.84. The monoisotopic (exact) mass is 236 g/mol. The highest BCUT2D eigenvalue weighted by molar-refractivity contribution is 7.14. The summed E-state index contributed by atoms with van der Waals surface area (Å²) in [6.07, 6.45) is 3.62. The van der Waals surface area contributed by atoms with Crippen molar-refractivity contribution in [3.63, 3.8) is 0 Å². The number of aryl methyl sites for hydroxylation is 1. The van der Waals surface area contributed by atoms with Crippen LogP contribution in [0.1, 0.15) is 20.1 Å². The van der Waals surface area contributed by atoms with Gasteiger partial charge in [0.15, 0.2) is 0 Å². The second-order valence-electron chi connectivity index (χ2n) is 3.37. The van der Waals surface area contributed by atoms with Gasteiger partial charge in [0.1, 0.15) is 0 Å². The highest BCUT2D eigenvalue weighted by Gasteiger charge is 2.11. The summed E-state index contributed by atoms with van der Waals surface area (Å²) < 4.78 is 1.82. The van der Waals surface area contributed by atoms with E-state index in [-0.39, 0.29) is 5.91 Å². The number of nitrogen functional groups attached to an aromatic ring is 1. The van der Waals surface area contributed by atoms with Crippen LogP contribution in [0.3, 0.4) is 0 Å². The van der Waals surface area contributed by atoms with Crippen LogP contribution in [-0.2, 0) is 6.54 Å². The Kier molecular flexibility index (Phi) is 3.02. The van der Waals surface area contributed by atoms with Gasteiger partial charge in [0, 0.05) is 17.3 Å². The molecule has 0 unspecified atom stereocenters. The van der Waals surface area contributed by atoms with Crippen LogP contribution < -0.4 is 11.3 Å². The molecule has 2 heterocycles. The molecule has 5 nitrogen and oxygen atoms in total. The largest absolute Gasteiger partial charge is 0.289 e. The zero-order valence-electron chi connectivity index (χ0n) is 8.80. The molecule has 84 valence electrons. The first-order valence-electron chi connectivity index (χ1n) is 4.78. The van der Waals surface area contributed by atoms with E-state index in [1.807, 2.05) is 29.9 Å². The van der Waals surface area contributed by atoms with Crippen molar-refractivity contribution in [3.05, 3.63) is 39.8 Å². The van der Waals surface area contributed by atoms with Crippen molar-refractivity contribution < 1.29 is 4.79 Å². The number of hydrogen-bond donors (Lipinski definition) is 2. The average Bonchev–Trinajstić information content (AvgIpc) is 2.89. The molecule has 0 saturated heterocycles. The summed E-state index contributed by atoms with van der Waals surface area (Å²) in [6.45, 7) is 2.66. The van der Waals surface area contributed by atoms with E-state index in [1.165, 1.54) is 11.3 Å². The smallest absolute Gasteiger partial charge is 0.275 e. The highest BCUT2D eigenvalue weighted by atomic mass is 32.1. The minimum absolute atomic E-state index is 0.250. The fraction of sp³-hybridized carbons (Fsp3) is 0.200. The molecule has 0 aliphatic carbocycles. The summed E-state index contributed by atoms with van der Waals surface area (Å²) in [6, 6.07) is 3.72. The topological polar surface area (TPSA) is 72.9 Å². The maximum absolute atomic E-state index is 11.3. The third-order valence-electron chi connectivity index (χ3n) is 2.27. The van der Waals surface area contributed by atoms with Gasteiger partial charge in [-0.3, -0.25) is 14.9 Å². The number of nitrogens with one attached hydrogen (secondary N) is 1. The third kappa shape index (κ3) is 2.12. The zero-order chi connectivity index (χ0) is 11.5. The Labute approximate surface area is 96.9 Å². The van der Waals surface area contributed by atoms with Crippen LogP contribution >= 0.6 is 11.3 Å². The van der Waals surface area contributed by atoms with Gasteiger partial charge in [0.05, 0.1) is 11.4 Å². The lowest BCUT2D eigenvalue weighted by Gasteiger charge is -1.99. The lowest BCUT2D eigenvalue weighted by molar-refractivity contribution is 0.0957. The summed E-state index contributed by atoms with van der Waals surface area (Å²) in [5, 5.41) is 4.12. The highest BCUT2D eigenvalue weighted by Crippen LogP contribution is 2.22. The van der Waals surface area contributed by atoms with Crippen molar-refractivity contribution in [1.29, 1.82) is 0 Å². The van der Waals surface area contributed by atoms with Gasteiger partial charge in [0.2, 0.25) is 0 Å². The van der Waals surface area contributed by atoms with Crippen molar-refractivity contribution in [2.45, 2.75) is 13.5 Å². The van der Waals surface area contributed by atoms with Crippen molar-refractivity contribution in [1.82, 2.24) is 15.2 Å². The van der Waals surface area contributed by atoms with Crippen molar-refractivity contribution >= 4 is 17.2 Å². The van der Waals surface area contributed by atoms with Gasteiger partial charge >= 0.3 is 0 Å². The average molecular weight is 236 g/mol. The van der Waals surface area contributed by atoms with Crippen LogP contribution in [0.2, 0.25) is 0 Å². The molecule has 0 aromatic carbocycles. The predicted molar refractivity (Wildman–Crippen MR) is 62.0 cm³/mol. The first-order valence-corrected chi connectivity index (χ1v) is 5.60. The first kappa shape index (κ1) is 10.8. The predicted octanol–water partition coefficient (Wildman–Crippen LogP) is 0.905. The molecular weight excluding hydrogens is 224 g/mol. The summed E-state index contributed by atoms with van der Waals surface area (Å²) in [5.41, 5.74) is 3.22.